The fraction of sp³-hybridized carbons (Fsp3) is 0.0938. The molecule has 5 aromatic rings. The van der Waals surface area contributed by atoms with Gasteiger partial charge in [-0.3, -0.25) is 9.78 Å². The molecule has 0 spiro atoms. The molecule has 1 amide bonds. The van der Waals surface area contributed by atoms with E-state index < -0.39 is 0 Å². The predicted octanol–water partition coefficient (Wildman–Crippen LogP) is 6.21. The van der Waals surface area contributed by atoms with Crippen molar-refractivity contribution in [3.05, 3.63) is 139 Å². The van der Waals surface area contributed by atoms with Crippen LogP contribution in [0.5, 0.6) is 5.75 Å². The topological polar surface area (TPSA) is 71.4 Å². The number of hydrogen-bond donors (Lipinski definition) is 2. The predicted molar refractivity (Wildman–Crippen MR) is 161 cm³/mol. The summed E-state index contributed by atoms with van der Waals surface area (Å²) in [4.78, 5) is 19.1. The molecule has 204 valence electrons. The number of rotatable bonds is 8. The van der Waals surface area contributed by atoms with Crippen molar-refractivity contribution >= 4 is 34.6 Å². The number of aromatic nitrogens is 2. The van der Waals surface area contributed by atoms with Gasteiger partial charge in [-0.1, -0.05) is 36.4 Å². The van der Waals surface area contributed by atoms with Crippen molar-refractivity contribution in [3.8, 4) is 11.4 Å². The number of benzene rings is 3. The molecule has 1 aliphatic rings. The summed E-state index contributed by atoms with van der Waals surface area (Å²) in [5, 5.41) is 6.81. The van der Waals surface area contributed by atoms with E-state index in [4.69, 9.17) is 17.0 Å². The number of pyridine rings is 1. The van der Waals surface area contributed by atoms with E-state index in [0.29, 0.717) is 22.2 Å². The van der Waals surface area contributed by atoms with Crippen molar-refractivity contribution in [2.45, 2.75) is 12.1 Å². The number of para-hydroxylation sites is 2. The molecule has 0 bridgehead atoms. The lowest BCUT2D eigenvalue weighted by molar-refractivity contribution is -0.118. The average molecular weight is 564 g/mol. The van der Waals surface area contributed by atoms with Gasteiger partial charge in [0, 0.05) is 29.5 Å². The van der Waals surface area contributed by atoms with Crippen molar-refractivity contribution in [2.24, 2.45) is 0 Å². The Labute approximate surface area is 242 Å². The van der Waals surface area contributed by atoms with E-state index in [1.807, 2.05) is 94.5 Å². The molecule has 1 fully saturated rings. The third kappa shape index (κ3) is 5.53. The van der Waals surface area contributed by atoms with Crippen molar-refractivity contribution in [1.29, 1.82) is 0 Å². The summed E-state index contributed by atoms with van der Waals surface area (Å²) < 4.78 is 22.3. The molecule has 41 heavy (non-hydrogen) atoms. The SMILES string of the molecule is O=C(COc1ccccc1)Nc1ccc(N2C(=S)NC(c3ccccn3)C2c2cccn2-c2ccccc2F)cc1. The highest BCUT2D eigenvalue weighted by molar-refractivity contribution is 7.80. The summed E-state index contributed by atoms with van der Waals surface area (Å²) in [6.45, 7) is -0.104. The molecule has 2 aromatic heterocycles. The van der Waals surface area contributed by atoms with Gasteiger partial charge in [0.25, 0.3) is 5.91 Å². The molecule has 2 atom stereocenters. The van der Waals surface area contributed by atoms with E-state index in [0.717, 1.165) is 17.1 Å². The lowest BCUT2D eigenvalue weighted by Crippen LogP contribution is -2.30. The minimum Gasteiger partial charge on any atom is -0.484 e. The van der Waals surface area contributed by atoms with Crippen LogP contribution in [0.25, 0.3) is 5.69 Å². The standard InChI is InChI=1S/C32H26FN5O2S/c33-25-11-4-5-13-27(25)37-20-8-14-28(37)31-30(26-12-6-7-19-34-26)36-32(41)38(31)23-17-15-22(16-18-23)35-29(39)21-40-24-9-2-1-3-10-24/h1-20,30-31H,21H2,(H,35,39)(H,36,41). The monoisotopic (exact) mass is 563 g/mol. The van der Waals surface area contributed by atoms with Crippen LogP contribution in [0.4, 0.5) is 15.8 Å². The molecule has 0 saturated carbocycles. The van der Waals surface area contributed by atoms with Gasteiger partial charge in [-0.15, -0.1) is 0 Å². The quantitative estimate of drug-likeness (QED) is 0.219. The van der Waals surface area contributed by atoms with Gasteiger partial charge in [0.05, 0.1) is 17.4 Å². The fourth-order valence-corrected chi connectivity index (χ4v) is 5.35. The van der Waals surface area contributed by atoms with Crippen LogP contribution in [0.2, 0.25) is 0 Å². The first-order chi connectivity index (χ1) is 20.1. The average Bonchev–Trinajstić information content (AvgIpc) is 3.62. The number of amides is 1. The molecular weight excluding hydrogens is 537 g/mol. The first-order valence-electron chi connectivity index (χ1n) is 13.1. The highest BCUT2D eigenvalue weighted by atomic mass is 32.1. The first-order valence-corrected chi connectivity index (χ1v) is 13.5. The summed E-state index contributed by atoms with van der Waals surface area (Å²) >= 11 is 5.84. The maximum Gasteiger partial charge on any atom is 0.262 e. The summed E-state index contributed by atoms with van der Waals surface area (Å²) in [5.74, 6) is 0.0354. The Bertz CT molecular complexity index is 1660. The molecule has 6 rings (SSSR count). The summed E-state index contributed by atoms with van der Waals surface area (Å²) in [7, 11) is 0. The normalized spacial score (nSPS) is 16.3. The van der Waals surface area contributed by atoms with Gasteiger partial charge in [-0.05, 0) is 85.0 Å². The van der Waals surface area contributed by atoms with Crippen LogP contribution < -0.4 is 20.3 Å². The number of thiocarbonyl (C=S) groups is 1. The molecule has 0 radical (unpaired) electrons. The van der Waals surface area contributed by atoms with Crippen LogP contribution in [0.3, 0.4) is 0 Å². The van der Waals surface area contributed by atoms with Crippen LogP contribution in [0.1, 0.15) is 23.5 Å². The second kappa shape index (κ2) is 11.6. The largest absolute Gasteiger partial charge is 0.484 e. The van der Waals surface area contributed by atoms with Crippen molar-refractivity contribution in [2.75, 3.05) is 16.8 Å². The van der Waals surface area contributed by atoms with E-state index in [-0.39, 0.29) is 30.4 Å². The Morgan fingerprint density at radius 3 is 2.44 bits per heavy atom. The molecule has 1 saturated heterocycles. The molecule has 3 aromatic carbocycles. The second-order valence-corrected chi connectivity index (χ2v) is 9.83. The molecule has 9 heteroatoms. The lowest BCUT2D eigenvalue weighted by Gasteiger charge is -2.29. The number of ether oxygens (including phenoxy) is 1. The minimum atomic E-state index is -0.341. The third-order valence-electron chi connectivity index (χ3n) is 6.84. The number of nitrogens with zero attached hydrogens (tertiary/aromatic N) is 3. The number of carbonyl (C=O) groups is 1. The van der Waals surface area contributed by atoms with E-state index in [1.165, 1.54) is 6.07 Å². The van der Waals surface area contributed by atoms with Crippen LogP contribution >= 0.6 is 12.2 Å². The fourth-order valence-electron chi connectivity index (χ4n) is 5.00. The Kier molecular flexibility index (Phi) is 7.42. The molecular formula is C32H26FN5O2S. The number of carbonyl (C=O) groups excluding carboxylic acids is 1. The van der Waals surface area contributed by atoms with Gasteiger partial charge in [0.1, 0.15) is 17.6 Å². The number of hydrogen-bond acceptors (Lipinski definition) is 4. The van der Waals surface area contributed by atoms with Gasteiger partial charge in [0.2, 0.25) is 0 Å². The molecule has 0 aliphatic carbocycles. The maximum atomic E-state index is 14.9. The maximum absolute atomic E-state index is 14.9. The molecule has 2 N–H and O–H groups in total. The zero-order valence-electron chi connectivity index (χ0n) is 21.9. The molecule has 7 nitrogen and oxygen atoms in total. The highest BCUT2D eigenvalue weighted by Gasteiger charge is 2.42. The van der Waals surface area contributed by atoms with Crippen LogP contribution in [-0.4, -0.2) is 27.2 Å². The number of nitrogens with one attached hydrogen (secondary N) is 2. The van der Waals surface area contributed by atoms with Crippen molar-refractivity contribution in [3.63, 3.8) is 0 Å². The lowest BCUT2D eigenvalue weighted by atomic mass is 10.0. The van der Waals surface area contributed by atoms with Gasteiger partial charge >= 0.3 is 0 Å². The molecule has 2 unspecified atom stereocenters. The van der Waals surface area contributed by atoms with Crippen molar-refractivity contribution < 1.29 is 13.9 Å². The Balaban J connectivity index is 1.29. The smallest absolute Gasteiger partial charge is 0.262 e. The van der Waals surface area contributed by atoms with Gasteiger partial charge in [-0.2, -0.15) is 0 Å². The summed E-state index contributed by atoms with van der Waals surface area (Å²) in [5.41, 5.74) is 3.53. The van der Waals surface area contributed by atoms with Crippen molar-refractivity contribution in [1.82, 2.24) is 14.9 Å². The van der Waals surface area contributed by atoms with E-state index in [2.05, 4.69) is 15.6 Å². The summed E-state index contributed by atoms with van der Waals surface area (Å²) in [6.07, 6.45) is 3.59. The summed E-state index contributed by atoms with van der Waals surface area (Å²) in [6, 6.07) is 32.3. The van der Waals surface area contributed by atoms with Gasteiger partial charge in [0.15, 0.2) is 11.7 Å². The molecule has 1 aliphatic heterocycles. The van der Waals surface area contributed by atoms with E-state index in [1.54, 1.807) is 30.5 Å². The Hall–Kier alpha value is -5.02. The van der Waals surface area contributed by atoms with Crippen LogP contribution in [0.15, 0.2) is 122 Å². The minimum absolute atomic E-state index is 0.104. The Morgan fingerprint density at radius 2 is 1.68 bits per heavy atom. The zero-order valence-corrected chi connectivity index (χ0v) is 22.7. The van der Waals surface area contributed by atoms with Crippen LogP contribution in [0, 0.1) is 5.82 Å². The molecule has 3 heterocycles. The highest BCUT2D eigenvalue weighted by Crippen LogP contribution is 2.42. The first kappa shape index (κ1) is 26.2. The number of halogens is 1. The Morgan fingerprint density at radius 1 is 0.927 bits per heavy atom. The number of anilines is 2. The van der Waals surface area contributed by atoms with E-state index >= 15 is 0 Å². The third-order valence-corrected chi connectivity index (χ3v) is 7.15. The van der Waals surface area contributed by atoms with Gasteiger partial charge < -0.3 is 24.8 Å². The van der Waals surface area contributed by atoms with Crippen LogP contribution in [-0.2, 0) is 4.79 Å². The van der Waals surface area contributed by atoms with E-state index in [9.17, 15) is 9.18 Å². The zero-order chi connectivity index (χ0) is 28.2. The van der Waals surface area contributed by atoms with Gasteiger partial charge in [-0.25, -0.2) is 4.39 Å². The second-order valence-electron chi connectivity index (χ2n) is 9.45.